The molecule has 1 aromatic heterocycles. The first-order valence-corrected chi connectivity index (χ1v) is 12.8. The van der Waals surface area contributed by atoms with E-state index in [4.69, 9.17) is 22.1 Å². The van der Waals surface area contributed by atoms with Crippen molar-refractivity contribution in [3.63, 3.8) is 0 Å². The van der Waals surface area contributed by atoms with E-state index < -0.39 is 0 Å². The minimum Gasteiger partial charge on any atom is -0.382 e. The first kappa shape index (κ1) is 24.9. The van der Waals surface area contributed by atoms with Crippen LogP contribution in [0.1, 0.15) is 51.0 Å². The second-order valence-corrected chi connectivity index (χ2v) is 9.74. The molecule has 2 aliphatic rings. The molecule has 0 amide bonds. The van der Waals surface area contributed by atoms with Gasteiger partial charge in [-0.1, -0.05) is 11.6 Å². The van der Waals surface area contributed by atoms with Crippen LogP contribution in [0.15, 0.2) is 35.3 Å². The second-order valence-electron chi connectivity index (χ2n) is 9.36. The molecule has 1 aliphatic heterocycles. The van der Waals surface area contributed by atoms with Crippen LogP contribution in [0.2, 0.25) is 5.02 Å². The van der Waals surface area contributed by atoms with Gasteiger partial charge in [0, 0.05) is 31.4 Å². The largest absolute Gasteiger partial charge is 0.382 e. The van der Waals surface area contributed by atoms with Crippen LogP contribution in [0.3, 0.4) is 0 Å². The Labute approximate surface area is 205 Å². The highest BCUT2D eigenvalue weighted by Crippen LogP contribution is 2.33. The van der Waals surface area contributed by atoms with Gasteiger partial charge in [0.1, 0.15) is 10.8 Å². The normalized spacial score (nSPS) is 23.0. The van der Waals surface area contributed by atoms with Gasteiger partial charge in [-0.25, -0.2) is 9.07 Å². The number of nitrogens with zero attached hydrogens (tertiary/aromatic N) is 3. The molecule has 7 nitrogen and oxygen atoms in total. The van der Waals surface area contributed by atoms with Crippen LogP contribution >= 0.6 is 11.6 Å². The summed E-state index contributed by atoms with van der Waals surface area (Å²) in [5.41, 5.74) is 7.11. The number of hydrogen-bond acceptors (Lipinski definition) is 6. The molecule has 1 saturated carbocycles. The average Bonchev–Trinajstić information content (AvgIpc) is 2.87. The van der Waals surface area contributed by atoms with E-state index in [0.717, 1.165) is 76.9 Å². The number of anilines is 2. The molecule has 34 heavy (non-hydrogen) atoms. The predicted octanol–water partition coefficient (Wildman–Crippen LogP) is 4.21. The number of rotatable bonds is 9. The monoisotopic (exact) mass is 491 g/mol. The van der Waals surface area contributed by atoms with Crippen LogP contribution in [0.25, 0.3) is 0 Å². The molecule has 2 aromatic rings. The summed E-state index contributed by atoms with van der Waals surface area (Å²) in [5.74, 6) is 0.185. The minimum atomic E-state index is -0.242. The van der Waals surface area contributed by atoms with E-state index in [1.165, 1.54) is 12.1 Å². The lowest BCUT2D eigenvalue weighted by atomic mass is 9.89. The van der Waals surface area contributed by atoms with Gasteiger partial charge in [0.2, 0.25) is 0 Å². The van der Waals surface area contributed by atoms with E-state index in [-0.39, 0.29) is 22.4 Å². The molecular weight excluding hydrogens is 457 g/mol. The van der Waals surface area contributed by atoms with Gasteiger partial charge >= 0.3 is 0 Å². The fraction of sp³-hybridized carbons (Fsp3) is 0.600. The fourth-order valence-electron chi connectivity index (χ4n) is 5.08. The molecule has 1 aliphatic carbocycles. The maximum absolute atomic E-state index is 13.4. The van der Waals surface area contributed by atoms with E-state index in [1.54, 1.807) is 10.9 Å². The third-order valence-electron chi connectivity index (χ3n) is 6.99. The van der Waals surface area contributed by atoms with E-state index in [2.05, 4.69) is 15.3 Å². The smallest absolute Gasteiger partial charge is 0.287 e. The Balaban J connectivity index is 1.39. The van der Waals surface area contributed by atoms with Crippen LogP contribution in [-0.4, -0.2) is 48.7 Å². The van der Waals surface area contributed by atoms with Crippen LogP contribution in [0.4, 0.5) is 15.8 Å². The van der Waals surface area contributed by atoms with E-state index >= 15 is 0 Å². The van der Waals surface area contributed by atoms with Gasteiger partial charge in [0.05, 0.1) is 24.5 Å². The number of halogens is 2. The molecule has 0 spiro atoms. The molecule has 186 valence electrons. The average molecular weight is 492 g/mol. The predicted molar refractivity (Wildman–Crippen MR) is 134 cm³/mol. The zero-order valence-corrected chi connectivity index (χ0v) is 20.4. The summed E-state index contributed by atoms with van der Waals surface area (Å²) in [4.78, 5) is 15.3. The lowest BCUT2D eigenvalue weighted by molar-refractivity contribution is 0.0595. The fourth-order valence-corrected chi connectivity index (χ4v) is 5.28. The van der Waals surface area contributed by atoms with Crippen molar-refractivity contribution in [2.24, 2.45) is 11.7 Å². The number of aromatic nitrogens is 2. The number of nitrogens with two attached hydrogens (primary N) is 1. The van der Waals surface area contributed by atoms with Gasteiger partial charge in [-0.15, -0.1) is 0 Å². The molecule has 2 heterocycles. The van der Waals surface area contributed by atoms with Gasteiger partial charge in [-0.3, -0.25) is 4.79 Å². The highest BCUT2D eigenvalue weighted by Gasteiger charge is 2.28. The van der Waals surface area contributed by atoms with Crippen molar-refractivity contribution in [3.05, 3.63) is 51.7 Å². The summed E-state index contributed by atoms with van der Waals surface area (Å²) in [6.07, 6.45) is 8.22. The molecule has 0 radical (unpaired) electrons. The third-order valence-corrected chi connectivity index (χ3v) is 7.36. The Bertz CT molecular complexity index is 972. The van der Waals surface area contributed by atoms with Crippen molar-refractivity contribution in [3.8, 4) is 0 Å². The van der Waals surface area contributed by atoms with Gasteiger partial charge < -0.3 is 20.7 Å². The zero-order valence-electron chi connectivity index (χ0n) is 19.6. The molecule has 1 saturated heterocycles. The molecular formula is C25H35ClFN5O2. The van der Waals surface area contributed by atoms with Crippen LogP contribution in [0, 0.1) is 11.7 Å². The van der Waals surface area contributed by atoms with Crippen molar-refractivity contribution < 1.29 is 9.13 Å². The van der Waals surface area contributed by atoms with Gasteiger partial charge in [-0.2, -0.15) is 5.10 Å². The summed E-state index contributed by atoms with van der Waals surface area (Å²) < 4.78 is 20.5. The lowest BCUT2D eigenvalue weighted by Crippen LogP contribution is -2.41. The van der Waals surface area contributed by atoms with Crippen molar-refractivity contribution in [1.29, 1.82) is 0 Å². The van der Waals surface area contributed by atoms with E-state index in [0.29, 0.717) is 24.2 Å². The van der Waals surface area contributed by atoms with Crippen LogP contribution in [-0.2, 0) is 4.74 Å². The van der Waals surface area contributed by atoms with Crippen molar-refractivity contribution >= 4 is 23.0 Å². The van der Waals surface area contributed by atoms with Crippen molar-refractivity contribution in [2.75, 3.05) is 43.1 Å². The maximum atomic E-state index is 13.4. The van der Waals surface area contributed by atoms with Crippen LogP contribution < -0.4 is 21.5 Å². The number of hydrogen-bond donors (Lipinski definition) is 2. The summed E-state index contributed by atoms with van der Waals surface area (Å²) in [6.45, 7) is 3.72. The van der Waals surface area contributed by atoms with Gasteiger partial charge in [-0.05, 0) is 81.7 Å². The van der Waals surface area contributed by atoms with Crippen molar-refractivity contribution in [2.45, 2.75) is 57.0 Å². The Kier molecular flexibility index (Phi) is 8.80. The maximum Gasteiger partial charge on any atom is 0.287 e. The Morgan fingerprint density at radius 1 is 1.21 bits per heavy atom. The number of nitrogens with one attached hydrogen (secondary N) is 1. The Morgan fingerprint density at radius 2 is 1.97 bits per heavy atom. The number of ether oxygens (including phenoxy) is 1. The van der Waals surface area contributed by atoms with Crippen molar-refractivity contribution in [1.82, 2.24) is 9.78 Å². The standard InChI is InChI=1S/C25H35ClFN5O2/c26-24-23(29-15-18-3-1-14-34-17-18)16-30-32(25(24)33)22-10-8-21(9-11-22)31(13-2-12-28)20-6-4-19(27)5-7-20/h4-7,16,18,21-22,29H,1-3,8-15,17,28H2/t18-,21-,22-/m1/s1. The Morgan fingerprint density at radius 3 is 2.65 bits per heavy atom. The molecule has 1 aromatic carbocycles. The molecule has 1 atom stereocenters. The molecule has 0 unspecified atom stereocenters. The highest BCUT2D eigenvalue weighted by molar-refractivity contribution is 6.32. The van der Waals surface area contributed by atoms with Gasteiger partial charge in [0.25, 0.3) is 5.56 Å². The minimum absolute atomic E-state index is 0.0200. The number of benzene rings is 1. The lowest BCUT2D eigenvalue weighted by Gasteiger charge is -2.38. The van der Waals surface area contributed by atoms with Crippen LogP contribution in [0.5, 0.6) is 0 Å². The van der Waals surface area contributed by atoms with Gasteiger partial charge in [0.15, 0.2) is 0 Å². The molecule has 2 fully saturated rings. The summed E-state index contributed by atoms with van der Waals surface area (Å²) >= 11 is 6.45. The first-order valence-electron chi connectivity index (χ1n) is 12.4. The quantitative estimate of drug-likeness (QED) is 0.546. The second kappa shape index (κ2) is 12.0. The molecule has 4 rings (SSSR count). The zero-order chi connectivity index (χ0) is 23.9. The molecule has 9 heteroatoms. The SMILES string of the molecule is NCCCN(c1ccc(F)cc1)[C@H]1CC[C@H](n2ncc(NC[C@H]3CCCOC3)c(Cl)c2=O)CC1. The topological polar surface area (TPSA) is 85.4 Å². The van der Waals surface area contributed by atoms with E-state index in [1.807, 2.05) is 12.1 Å². The third kappa shape index (κ3) is 6.09. The first-order chi connectivity index (χ1) is 16.6. The summed E-state index contributed by atoms with van der Waals surface area (Å²) in [7, 11) is 0. The van der Waals surface area contributed by atoms with E-state index in [9.17, 15) is 9.18 Å². The molecule has 3 N–H and O–H groups in total. The highest BCUT2D eigenvalue weighted by atomic mass is 35.5. The summed E-state index contributed by atoms with van der Waals surface area (Å²) in [6, 6.07) is 6.99. The summed E-state index contributed by atoms with van der Waals surface area (Å²) in [5, 5.41) is 7.95. The molecule has 0 bridgehead atoms. The Hall–Kier alpha value is -2.16.